The molecule has 3 heterocycles. The highest BCUT2D eigenvalue weighted by Crippen LogP contribution is 2.48. The Bertz CT molecular complexity index is 860. The van der Waals surface area contributed by atoms with Gasteiger partial charge in [0.2, 0.25) is 5.91 Å². The van der Waals surface area contributed by atoms with Crippen LogP contribution in [0.15, 0.2) is 30.5 Å². The average molecular weight is 371 g/mol. The molecule has 0 radical (unpaired) electrons. The number of fused-ring (bicyclic) bond motifs is 4. The van der Waals surface area contributed by atoms with Gasteiger partial charge in [0.1, 0.15) is 5.41 Å². The van der Waals surface area contributed by atoms with Gasteiger partial charge in [-0.05, 0) is 31.9 Å². The van der Waals surface area contributed by atoms with Gasteiger partial charge in [-0.1, -0.05) is 6.58 Å². The maximum Gasteiger partial charge on any atom is 0.269 e. The number of anilines is 1. The second kappa shape index (κ2) is 5.88. The number of nitro groups is 1. The van der Waals surface area contributed by atoms with E-state index in [9.17, 15) is 19.7 Å². The molecular weight excluding hydrogens is 350 g/mol. The Kier molecular flexibility index (Phi) is 3.85. The predicted octanol–water partition coefficient (Wildman–Crippen LogP) is 1.72. The molecule has 0 aromatic heterocycles. The number of morpholine rings is 1. The van der Waals surface area contributed by atoms with Crippen molar-refractivity contribution in [2.24, 2.45) is 5.41 Å². The molecule has 1 N–H and O–H groups in total. The number of carbonyl (C=O) groups is 2. The maximum absolute atomic E-state index is 13.2. The molecule has 8 nitrogen and oxygen atoms in total. The summed E-state index contributed by atoms with van der Waals surface area (Å²) in [7, 11) is 0. The molecule has 3 aliphatic heterocycles. The summed E-state index contributed by atoms with van der Waals surface area (Å²) in [5, 5.41) is 14.0. The summed E-state index contributed by atoms with van der Waals surface area (Å²) in [6.45, 7) is 8.03. The predicted molar refractivity (Wildman–Crippen MR) is 97.3 cm³/mol. The lowest BCUT2D eigenvalue weighted by atomic mass is 9.63. The Labute approximate surface area is 156 Å². The van der Waals surface area contributed by atoms with Crippen molar-refractivity contribution in [3.05, 3.63) is 46.2 Å². The number of Topliss-reactive ketones (excluding diaryl/α,β-unsaturated/α-hetero) is 1. The second-order valence-corrected chi connectivity index (χ2v) is 7.62. The van der Waals surface area contributed by atoms with Crippen LogP contribution in [-0.2, 0) is 20.7 Å². The van der Waals surface area contributed by atoms with Gasteiger partial charge in [-0.25, -0.2) is 0 Å². The van der Waals surface area contributed by atoms with Crippen molar-refractivity contribution in [1.82, 2.24) is 5.32 Å². The van der Waals surface area contributed by atoms with Gasteiger partial charge < -0.3 is 15.0 Å². The van der Waals surface area contributed by atoms with Crippen LogP contribution in [0.1, 0.15) is 25.8 Å². The molecule has 4 rings (SSSR count). The number of carbonyl (C=O) groups excluding carboxylic acids is 2. The number of nitrogens with one attached hydrogen (secondary N) is 1. The number of benzene rings is 1. The van der Waals surface area contributed by atoms with Gasteiger partial charge in [0.25, 0.3) is 5.69 Å². The third kappa shape index (κ3) is 2.47. The summed E-state index contributed by atoms with van der Waals surface area (Å²) < 4.78 is 5.98. The van der Waals surface area contributed by atoms with Gasteiger partial charge in [0.15, 0.2) is 5.78 Å². The van der Waals surface area contributed by atoms with Crippen LogP contribution in [0, 0.1) is 15.5 Å². The Hall–Kier alpha value is -2.74. The molecule has 1 unspecified atom stereocenters. The zero-order valence-corrected chi connectivity index (χ0v) is 15.2. The van der Waals surface area contributed by atoms with Crippen molar-refractivity contribution in [2.45, 2.75) is 44.9 Å². The fourth-order valence-electron chi connectivity index (χ4n) is 4.83. The number of ether oxygens (including phenoxy) is 1. The molecule has 4 atom stereocenters. The normalized spacial score (nSPS) is 32.7. The number of amides is 1. The highest BCUT2D eigenvalue weighted by Gasteiger charge is 2.61. The Morgan fingerprint density at radius 2 is 2.11 bits per heavy atom. The molecule has 8 heteroatoms. The van der Waals surface area contributed by atoms with E-state index in [-0.39, 0.29) is 36.5 Å². The standard InChI is InChI=1S/C19H21N3O5/c1-10-6-16(23)19(18(24)20-10)8-13-7-14(22(25)26)4-5-15(13)21-9-11(2)27-12(3)17(19)21/h4-5,7,11-12,17H,1,6,8-9H2,2-3H3,(H,20,24)/t11-,12+,17-,19?/m1/s1. The fraction of sp³-hybridized carbons (Fsp3) is 0.474. The number of allylic oxidation sites excluding steroid dienone is 1. The molecule has 1 amide bonds. The first-order valence-electron chi connectivity index (χ1n) is 8.96. The first kappa shape index (κ1) is 17.7. The summed E-state index contributed by atoms with van der Waals surface area (Å²) in [5.74, 6) is -0.616. The second-order valence-electron chi connectivity index (χ2n) is 7.62. The molecule has 0 bridgehead atoms. The SMILES string of the molecule is C=C1CC(=O)C2(Cc3cc([N+](=O)[O-])ccc3N3C[C@@H](C)O[C@@H](C)[C@@H]32)C(=O)N1. The van der Waals surface area contributed by atoms with Crippen molar-refractivity contribution in [3.63, 3.8) is 0 Å². The fourth-order valence-corrected chi connectivity index (χ4v) is 4.83. The minimum absolute atomic E-state index is 0.0511. The van der Waals surface area contributed by atoms with Crippen LogP contribution in [0.4, 0.5) is 11.4 Å². The van der Waals surface area contributed by atoms with Gasteiger partial charge in [0.05, 0.1) is 23.2 Å². The van der Waals surface area contributed by atoms with Crippen molar-refractivity contribution in [1.29, 1.82) is 0 Å². The number of nitrogens with zero attached hydrogens (tertiary/aromatic N) is 2. The summed E-state index contributed by atoms with van der Waals surface area (Å²) in [4.78, 5) is 39.0. The molecule has 3 aliphatic rings. The van der Waals surface area contributed by atoms with Gasteiger partial charge >= 0.3 is 0 Å². The Morgan fingerprint density at radius 1 is 1.37 bits per heavy atom. The van der Waals surface area contributed by atoms with Gasteiger partial charge in [-0.3, -0.25) is 19.7 Å². The molecular formula is C19H21N3O5. The molecule has 1 aromatic carbocycles. The van der Waals surface area contributed by atoms with E-state index in [4.69, 9.17) is 4.74 Å². The summed E-state index contributed by atoms with van der Waals surface area (Å²) in [6, 6.07) is 4.18. The Morgan fingerprint density at radius 3 is 2.78 bits per heavy atom. The number of hydrogen-bond donors (Lipinski definition) is 1. The average Bonchev–Trinajstić information content (AvgIpc) is 2.58. The zero-order chi connectivity index (χ0) is 19.5. The van der Waals surface area contributed by atoms with Crippen LogP contribution in [-0.4, -0.2) is 41.4 Å². The highest BCUT2D eigenvalue weighted by atomic mass is 16.6. The van der Waals surface area contributed by atoms with E-state index in [1.54, 1.807) is 6.07 Å². The maximum atomic E-state index is 13.2. The van der Waals surface area contributed by atoms with E-state index in [2.05, 4.69) is 11.9 Å². The minimum atomic E-state index is -1.34. The van der Waals surface area contributed by atoms with Gasteiger partial charge in [-0.15, -0.1) is 0 Å². The molecule has 0 aliphatic carbocycles. The van der Waals surface area contributed by atoms with Crippen LogP contribution >= 0.6 is 0 Å². The lowest BCUT2D eigenvalue weighted by Crippen LogP contribution is -2.71. The quantitative estimate of drug-likeness (QED) is 0.458. The Balaban J connectivity index is 1.92. The summed E-state index contributed by atoms with van der Waals surface area (Å²) in [5.41, 5.74) is 0.443. The van der Waals surface area contributed by atoms with E-state index < -0.39 is 22.3 Å². The molecule has 2 fully saturated rings. The monoisotopic (exact) mass is 371 g/mol. The van der Waals surface area contributed by atoms with Crippen molar-refractivity contribution >= 4 is 23.1 Å². The number of ketones is 1. The number of hydrogen-bond acceptors (Lipinski definition) is 6. The smallest absolute Gasteiger partial charge is 0.269 e. The first-order chi connectivity index (χ1) is 12.7. The molecule has 2 saturated heterocycles. The third-order valence-electron chi connectivity index (χ3n) is 5.81. The highest BCUT2D eigenvalue weighted by molar-refractivity contribution is 6.12. The van der Waals surface area contributed by atoms with Gasteiger partial charge in [-0.2, -0.15) is 0 Å². The first-order valence-corrected chi connectivity index (χ1v) is 8.96. The van der Waals surface area contributed by atoms with Crippen LogP contribution in [0.3, 0.4) is 0 Å². The van der Waals surface area contributed by atoms with E-state index >= 15 is 0 Å². The molecule has 1 aromatic rings. The summed E-state index contributed by atoms with van der Waals surface area (Å²) in [6.07, 6.45) is -0.266. The van der Waals surface area contributed by atoms with E-state index in [1.165, 1.54) is 12.1 Å². The van der Waals surface area contributed by atoms with E-state index in [0.717, 1.165) is 5.69 Å². The topological polar surface area (TPSA) is 102 Å². The minimum Gasteiger partial charge on any atom is -0.372 e. The lowest BCUT2D eigenvalue weighted by Gasteiger charge is -2.56. The number of non-ortho nitro benzene ring substituents is 1. The van der Waals surface area contributed by atoms with Crippen LogP contribution in [0.2, 0.25) is 0 Å². The van der Waals surface area contributed by atoms with Crippen LogP contribution in [0.5, 0.6) is 0 Å². The molecule has 0 saturated carbocycles. The number of rotatable bonds is 1. The largest absolute Gasteiger partial charge is 0.372 e. The van der Waals surface area contributed by atoms with Crippen LogP contribution in [0.25, 0.3) is 0 Å². The number of piperidine rings is 1. The lowest BCUT2D eigenvalue weighted by molar-refractivity contribution is -0.384. The van der Waals surface area contributed by atoms with Crippen molar-refractivity contribution < 1.29 is 19.2 Å². The van der Waals surface area contributed by atoms with E-state index in [0.29, 0.717) is 17.8 Å². The molecule has 142 valence electrons. The van der Waals surface area contributed by atoms with Crippen LogP contribution < -0.4 is 10.2 Å². The van der Waals surface area contributed by atoms with Gasteiger partial charge in [0, 0.05) is 36.5 Å². The summed E-state index contributed by atoms with van der Waals surface area (Å²) >= 11 is 0. The zero-order valence-electron chi connectivity index (χ0n) is 15.2. The van der Waals surface area contributed by atoms with Crippen molar-refractivity contribution in [2.75, 3.05) is 11.4 Å². The molecule has 1 spiro atoms. The number of nitro benzene ring substituents is 1. The van der Waals surface area contributed by atoms with E-state index in [1.807, 2.05) is 18.7 Å². The molecule has 27 heavy (non-hydrogen) atoms. The third-order valence-corrected chi connectivity index (χ3v) is 5.81. The van der Waals surface area contributed by atoms with Crippen molar-refractivity contribution in [3.8, 4) is 0 Å².